The minimum atomic E-state index is -2.02. The van der Waals surface area contributed by atoms with Crippen molar-refractivity contribution < 1.29 is 27.9 Å². The number of hydrogen-bond acceptors (Lipinski definition) is 6. The van der Waals surface area contributed by atoms with Gasteiger partial charge in [0.05, 0.1) is 18.6 Å². The molecule has 1 aliphatic heterocycles. The van der Waals surface area contributed by atoms with E-state index in [-0.39, 0.29) is 58.3 Å². The molecule has 0 radical (unpaired) electrons. The monoisotopic (exact) mass is 648 g/mol. The summed E-state index contributed by atoms with van der Waals surface area (Å²) < 4.78 is 25.8. The van der Waals surface area contributed by atoms with Crippen molar-refractivity contribution in [3.63, 3.8) is 0 Å². The molecular weight excluding hydrogens is 585 g/mol. The Morgan fingerprint density at radius 1 is 0.955 bits per heavy atom. The molecule has 3 aliphatic rings. The van der Waals surface area contributed by atoms with Crippen LogP contribution in [0, 0.1) is 17.8 Å². The molecule has 0 aromatic rings. The first-order chi connectivity index (χ1) is 20.2. The van der Waals surface area contributed by atoms with Crippen LogP contribution in [-0.2, 0) is 27.9 Å². The molecule has 3 rings (SSSR count). The zero-order chi connectivity index (χ0) is 33.1. The van der Waals surface area contributed by atoms with Gasteiger partial charge in [-0.25, -0.2) is 0 Å². The van der Waals surface area contributed by atoms with Crippen molar-refractivity contribution in [1.29, 1.82) is 0 Å². The molecule has 8 heteroatoms. The standard InChI is InChI=1S/C36H64O6Si2/c1-13-14-15-16-32(37)40-31-23-28(41-43(9,10)35(3,4)5)21-26-18-17-25(2)30(34(26)31)20-19-27-22-29(24-33(38)39-27)42-44(11,12)36(6,7)8/h17-18,21,25,27-31,34H,13-16,19-20,22-24H2,1-12H3/t25-,27+,28+,29+,30-,31+,34-/m0/s1. The van der Waals surface area contributed by atoms with Crippen LogP contribution in [0.25, 0.3) is 0 Å². The van der Waals surface area contributed by atoms with Gasteiger partial charge in [-0.15, -0.1) is 0 Å². The fourth-order valence-corrected chi connectivity index (χ4v) is 9.08. The Hall–Kier alpha value is -1.23. The van der Waals surface area contributed by atoms with Gasteiger partial charge in [0.25, 0.3) is 0 Å². The van der Waals surface area contributed by atoms with Gasteiger partial charge in [0, 0.05) is 25.2 Å². The third kappa shape index (κ3) is 9.65. The maximum atomic E-state index is 13.1. The molecular formula is C36H64O6Si2. The average Bonchev–Trinajstić information content (AvgIpc) is 2.86. The van der Waals surface area contributed by atoms with Crippen LogP contribution >= 0.6 is 0 Å². The van der Waals surface area contributed by atoms with Crippen molar-refractivity contribution in [1.82, 2.24) is 0 Å². The molecule has 0 saturated carbocycles. The Bertz CT molecular complexity index is 1050. The molecule has 44 heavy (non-hydrogen) atoms. The molecule has 1 fully saturated rings. The number of ether oxygens (including phenoxy) is 2. The Labute approximate surface area is 271 Å². The van der Waals surface area contributed by atoms with E-state index in [0.29, 0.717) is 25.2 Å². The smallest absolute Gasteiger partial charge is 0.308 e. The second-order valence-corrected chi connectivity index (χ2v) is 26.4. The summed E-state index contributed by atoms with van der Waals surface area (Å²) in [5.74, 6) is 0.486. The Balaban J connectivity index is 1.80. The first-order valence-electron chi connectivity index (χ1n) is 17.4. The van der Waals surface area contributed by atoms with E-state index in [9.17, 15) is 9.59 Å². The SMILES string of the molecule is CCCCCC(=O)O[C@@H]1C[C@H](O[Si](C)(C)C(C)(C)C)C=C2C=C[C@H](C)[C@H](CC[C@@H]3C[C@@H](O[Si](C)(C)C(C)(C)C)CC(=O)O3)[C@H]21. The highest BCUT2D eigenvalue weighted by molar-refractivity contribution is 6.74. The molecule has 7 atom stereocenters. The minimum Gasteiger partial charge on any atom is -0.462 e. The first kappa shape index (κ1) is 37.2. The molecule has 0 aromatic carbocycles. The van der Waals surface area contributed by atoms with E-state index < -0.39 is 16.6 Å². The highest BCUT2D eigenvalue weighted by Gasteiger charge is 2.46. The van der Waals surface area contributed by atoms with Crippen LogP contribution < -0.4 is 0 Å². The number of unbranched alkanes of at least 4 members (excludes halogenated alkanes) is 2. The number of carbonyl (C=O) groups excluding carboxylic acids is 2. The summed E-state index contributed by atoms with van der Waals surface area (Å²) in [6.07, 6.45) is 13.3. The van der Waals surface area contributed by atoms with Crippen LogP contribution in [0.15, 0.2) is 23.8 Å². The Morgan fingerprint density at radius 3 is 2.20 bits per heavy atom. The fourth-order valence-electron chi connectivity index (χ4n) is 6.44. The van der Waals surface area contributed by atoms with E-state index >= 15 is 0 Å². The van der Waals surface area contributed by atoms with Crippen molar-refractivity contribution in [2.45, 2.75) is 174 Å². The lowest BCUT2D eigenvalue weighted by Crippen LogP contribution is -2.48. The average molecular weight is 649 g/mol. The summed E-state index contributed by atoms with van der Waals surface area (Å²) in [6.45, 7) is 27.0. The van der Waals surface area contributed by atoms with Crippen molar-refractivity contribution in [2.24, 2.45) is 17.8 Å². The van der Waals surface area contributed by atoms with E-state index in [1.165, 1.54) is 5.57 Å². The highest BCUT2D eigenvalue weighted by atomic mass is 28.4. The Morgan fingerprint density at radius 2 is 1.59 bits per heavy atom. The predicted molar refractivity (Wildman–Crippen MR) is 184 cm³/mol. The number of rotatable bonds is 12. The zero-order valence-corrected chi connectivity index (χ0v) is 32.1. The molecule has 1 saturated heterocycles. The lowest BCUT2D eigenvalue weighted by molar-refractivity contribution is -0.161. The van der Waals surface area contributed by atoms with Gasteiger partial charge < -0.3 is 18.3 Å². The summed E-state index contributed by atoms with van der Waals surface area (Å²) >= 11 is 0. The molecule has 0 amide bonds. The minimum absolute atomic E-state index is 0.0677. The van der Waals surface area contributed by atoms with Gasteiger partial charge in [-0.1, -0.05) is 86.5 Å². The highest BCUT2D eigenvalue weighted by Crippen LogP contribution is 2.47. The summed E-state index contributed by atoms with van der Waals surface area (Å²) in [6, 6.07) is 0. The maximum Gasteiger partial charge on any atom is 0.308 e. The number of hydrogen-bond donors (Lipinski definition) is 0. The van der Waals surface area contributed by atoms with Gasteiger partial charge in [0.15, 0.2) is 16.6 Å². The summed E-state index contributed by atoms with van der Waals surface area (Å²) in [5.41, 5.74) is 1.23. The van der Waals surface area contributed by atoms with Crippen LogP contribution in [0.2, 0.25) is 36.3 Å². The quantitative estimate of drug-likeness (QED) is 0.119. The van der Waals surface area contributed by atoms with Crippen LogP contribution in [0.3, 0.4) is 0 Å². The topological polar surface area (TPSA) is 71.1 Å². The molecule has 2 aliphatic carbocycles. The third-order valence-corrected chi connectivity index (χ3v) is 20.2. The normalized spacial score (nSPS) is 30.0. The third-order valence-electron chi connectivity index (χ3n) is 11.2. The lowest BCUT2D eigenvalue weighted by Gasteiger charge is -2.46. The van der Waals surface area contributed by atoms with Gasteiger partial charge >= 0.3 is 11.9 Å². The van der Waals surface area contributed by atoms with Gasteiger partial charge in [0.2, 0.25) is 0 Å². The molecule has 6 nitrogen and oxygen atoms in total. The van der Waals surface area contributed by atoms with Crippen LogP contribution in [-0.4, -0.2) is 53.0 Å². The van der Waals surface area contributed by atoms with Crippen molar-refractivity contribution >= 4 is 28.6 Å². The first-order valence-corrected chi connectivity index (χ1v) is 23.2. The van der Waals surface area contributed by atoms with Crippen molar-refractivity contribution in [3.05, 3.63) is 23.8 Å². The maximum absolute atomic E-state index is 13.1. The van der Waals surface area contributed by atoms with Crippen LogP contribution in [0.4, 0.5) is 0 Å². The van der Waals surface area contributed by atoms with E-state index in [4.69, 9.17) is 18.3 Å². The Kier molecular flexibility index (Phi) is 12.4. The second-order valence-electron chi connectivity index (χ2n) is 16.8. The summed E-state index contributed by atoms with van der Waals surface area (Å²) in [4.78, 5) is 25.8. The van der Waals surface area contributed by atoms with E-state index in [2.05, 4.69) is 99.8 Å². The number of allylic oxidation sites excluding steroid dienone is 2. The van der Waals surface area contributed by atoms with E-state index in [1.54, 1.807) is 0 Å². The largest absolute Gasteiger partial charge is 0.462 e. The lowest BCUT2D eigenvalue weighted by atomic mass is 9.66. The van der Waals surface area contributed by atoms with Crippen molar-refractivity contribution in [3.8, 4) is 0 Å². The fraction of sp³-hybridized carbons (Fsp3) is 0.833. The van der Waals surface area contributed by atoms with Crippen molar-refractivity contribution in [2.75, 3.05) is 0 Å². The van der Waals surface area contributed by atoms with E-state index in [1.807, 2.05) is 0 Å². The number of carbonyl (C=O) groups is 2. The molecule has 0 unspecified atom stereocenters. The number of esters is 2. The van der Waals surface area contributed by atoms with Gasteiger partial charge in [-0.05, 0) is 72.9 Å². The number of cyclic esters (lactones) is 1. The number of fused-ring (bicyclic) bond motifs is 1. The predicted octanol–water partition coefficient (Wildman–Crippen LogP) is 9.51. The second kappa shape index (κ2) is 14.7. The molecule has 0 aromatic heterocycles. The van der Waals surface area contributed by atoms with Gasteiger partial charge in [0.1, 0.15) is 12.2 Å². The zero-order valence-electron chi connectivity index (χ0n) is 30.1. The molecule has 0 bridgehead atoms. The van der Waals surface area contributed by atoms with Crippen LogP contribution in [0.5, 0.6) is 0 Å². The van der Waals surface area contributed by atoms with Gasteiger partial charge in [-0.3, -0.25) is 9.59 Å². The summed E-state index contributed by atoms with van der Waals surface area (Å²) in [7, 11) is -4.02. The van der Waals surface area contributed by atoms with Gasteiger partial charge in [-0.2, -0.15) is 0 Å². The molecule has 0 spiro atoms. The summed E-state index contributed by atoms with van der Waals surface area (Å²) in [5, 5.41) is 0.185. The van der Waals surface area contributed by atoms with Crippen LogP contribution in [0.1, 0.15) is 113 Å². The molecule has 1 heterocycles. The molecule has 0 N–H and O–H groups in total. The van der Waals surface area contributed by atoms with E-state index in [0.717, 1.165) is 38.5 Å². The molecule has 252 valence electrons.